The molecule has 2 aromatic carbocycles. The van der Waals surface area contributed by atoms with E-state index in [1.54, 1.807) is 42.5 Å². The number of amides is 1. The summed E-state index contributed by atoms with van der Waals surface area (Å²) in [6.07, 6.45) is 0. The molecule has 0 aliphatic heterocycles. The molecule has 0 radical (unpaired) electrons. The van der Waals surface area contributed by atoms with Crippen LogP contribution >= 0.6 is 15.9 Å². The van der Waals surface area contributed by atoms with Crippen LogP contribution in [0.4, 0.5) is 5.69 Å². The molecule has 1 amide bonds. The Morgan fingerprint density at radius 2 is 1.78 bits per heavy atom. The number of para-hydroxylation sites is 2. The van der Waals surface area contributed by atoms with Crippen LogP contribution in [-0.2, 0) is 9.53 Å². The number of esters is 1. The van der Waals surface area contributed by atoms with Gasteiger partial charge in [0.15, 0.2) is 6.61 Å². The lowest BCUT2D eigenvalue weighted by molar-refractivity contribution is -0.119. The number of benzene rings is 2. The number of rotatable bonds is 6. The number of ether oxygens (including phenoxy) is 2. The third kappa shape index (κ3) is 5.10. The third-order valence-electron chi connectivity index (χ3n) is 2.88. The van der Waals surface area contributed by atoms with Crippen LogP contribution in [0, 0.1) is 0 Å². The Bertz CT molecular complexity index is 685. The summed E-state index contributed by atoms with van der Waals surface area (Å²) in [6, 6.07) is 13.8. The summed E-state index contributed by atoms with van der Waals surface area (Å²) in [5, 5.41) is 2.66. The fraction of sp³-hybridized carbons (Fsp3) is 0.176. The maximum atomic E-state index is 11.9. The number of anilines is 1. The van der Waals surface area contributed by atoms with Crippen molar-refractivity contribution in [2.24, 2.45) is 0 Å². The van der Waals surface area contributed by atoms with Crippen LogP contribution in [0.3, 0.4) is 0 Å². The zero-order chi connectivity index (χ0) is 16.7. The highest BCUT2D eigenvalue weighted by Crippen LogP contribution is 2.23. The van der Waals surface area contributed by atoms with E-state index in [0.29, 0.717) is 23.6 Å². The molecule has 2 aromatic rings. The average Bonchev–Trinajstić information content (AvgIpc) is 2.55. The summed E-state index contributed by atoms with van der Waals surface area (Å²) in [5.41, 5.74) is 0.926. The number of halogens is 1. The monoisotopic (exact) mass is 377 g/mol. The van der Waals surface area contributed by atoms with Crippen LogP contribution in [-0.4, -0.2) is 25.1 Å². The predicted octanol–water partition coefficient (Wildman–Crippen LogP) is 3.64. The Balaban J connectivity index is 1.90. The summed E-state index contributed by atoms with van der Waals surface area (Å²) < 4.78 is 11.3. The van der Waals surface area contributed by atoms with Crippen LogP contribution < -0.4 is 10.1 Å². The highest BCUT2D eigenvalue weighted by Gasteiger charge is 2.12. The van der Waals surface area contributed by atoms with E-state index in [0.717, 1.165) is 4.47 Å². The quantitative estimate of drug-likeness (QED) is 0.780. The van der Waals surface area contributed by atoms with Crippen molar-refractivity contribution >= 4 is 33.5 Å². The summed E-state index contributed by atoms with van der Waals surface area (Å²) in [7, 11) is 0. The van der Waals surface area contributed by atoms with Crippen LogP contribution in [0.5, 0.6) is 5.75 Å². The van der Waals surface area contributed by atoms with Gasteiger partial charge in [-0.1, -0.05) is 28.1 Å². The normalized spacial score (nSPS) is 10.0. The Labute approximate surface area is 142 Å². The molecule has 120 valence electrons. The summed E-state index contributed by atoms with van der Waals surface area (Å²) in [6.45, 7) is 1.99. The molecule has 2 rings (SSSR count). The molecule has 0 aromatic heterocycles. The molecule has 5 nitrogen and oxygen atoms in total. The number of hydrogen-bond acceptors (Lipinski definition) is 4. The van der Waals surface area contributed by atoms with Gasteiger partial charge in [0, 0.05) is 4.47 Å². The zero-order valence-corrected chi connectivity index (χ0v) is 14.1. The lowest BCUT2D eigenvalue weighted by Gasteiger charge is -2.11. The molecule has 0 bridgehead atoms. The molecule has 0 aliphatic rings. The standard InChI is InChI=1S/C17H16BrNO4/c1-2-22-15-6-4-3-5-14(15)19-16(20)11-23-17(21)12-7-9-13(18)10-8-12/h3-10H,2,11H2,1H3,(H,19,20). The minimum atomic E-state index is -0.550. The second kappa shape index (κ2) is 8.33. The van der Waals surface area contributed by atoms with Crippen LogP contribution in [0.15, 0.2) is 53.0 Å². The van der Waals surface area contributed by atoms with Crippen molar-refractivity contribution in [2.45, 2.75) is 6.92 Å². The molecular weight excluding hydrogens is 362 g/mol. The van der Waals surface area contributed by atoms with Crippen molar-refractivity contribution in [3.05, 3.63) is 58.6 Å². The lowest BCUT2D eigenvalue weighted by atomic mass is 10.2. The maximum absolute atomic E-state index is 11.9. The highest BCUT2D eigenvalue weighted by atomic mass is 79.9. The van der Waals surface area contributed by atoms with E-state index in [1.165, 1.54) is 0 Å². The van der Waals surface area contributed by atoms with Gasteiger partial charge in [-0.2, -0.15) is 0 Å². The van der Waals surface area contributed by atoms with E-state index in [9.17, 15) is 9.59 Å². The first-order chi connectivity index (χ1) is 11.1. The largest absolute Gasteiger partial charge is 0.492 e. The first-order valence-electron chi connectivity index (χ1n) is 7.04. The van der Waals surface area contributed by atoms with Crippen molar-refractivity contribution in [1.29, 1.82) is 0 Å². The number of carbonyl (C=O) groups excluding carboxylic acids is 2. The van der Waals surface area contributed by atoms with Crippen molar-refractivity contribution in [1.82, 2.24) is 0 Å². The molecule has 0 unspecified atom stereocenters. The summed E-state index contributed by atoms with van der Waals surface area (Å²) in [4.78, 5) is 23.7. The van der Waals surface area contributed by atoms with E-state index >= 15 is 0 Å². The van der Waals surface area contributed by atoms with Crippen molar-refractivity contribution in [3.8, 4) is 5.75 Å². The van der Waals surface area contributed by atoms with Gasteiger partial charge in [-0.05, 0) is 43.3 Å². The molecule has 0 atom stereocenters. The fourth-order valence-corrected chi connectivity index (χ4v) is 2.10. The summed E-state index contributed by atoms with van der Waals surface area (Å²) >= 11 is 3.29. The molecule has 0 spiro atoms. The van der Waals surface area contributed by atoms with Crippen LogP contribution in [0.2, 0.25) is 0 Å². The van der Waals surface area contributed by atoms with Gasteiger partial charge in [0.05, 0.1) is 17.9 Å². The minimum absolute atomic E-state index is 0.366. The first-order valence-corrected chi connectivity index (χ1v) is 7.84. The van der Waals surface area contributed by atoms with Crippen molar-refractivity contribution in [3.63, 3.8) is 0 Å². The van der Waals surface area contributed by atoms with Gasteiger partial charge in [-0.15, -0.1) is 0 Å². The lowest BCUT2D eigenvalue weighted by Crippen LogP contribution is -2.21. The molecule has 0 aliphatic carbocycles. The smallest absolute Gasteiger partial charge is 0.338 e. The highest BCUT2D eigenvalue weighted by molar-refractivity contribution is 9.10. The Morgan fingerprint density at radius 3 is 2.48 bits per heavy atom. The van der Waals surface area contributed by atoms with E-state index in [4.69, 9.17) is 9.47 Å². The van der Waals surface area contributed by atoms with Gasteiger partial charge in [0.25, 0.3) is 5.91 Å². The third-order valence-corrected chi connectivity index (χ3v) is 3.40. The zero-order valence-electron chi connectivity index (χ0n) is 12.5. The first kappa shape index (κ1) is 17.0. The van der Waals surface area contributed by atoms with Gasteiger partial charge >= 0.3 is 5.97 Å². The molecule has 23 heavy (non-hydrogen) atoms. The maximum Gasteiger partial charge on any atom is 0.338 e. The Hall–Kier alpha value is -2.34. The number of hydrogen-bond donors (Lipinski definition) is 1. The molecule has 6 heteroatoms. The van der Waals surface area contributed by atoms with Gasteiger partial charge in [0.1, 0.15) is 5.75 Å². The van der Waals surface area contributed by atoms with E-state index in [1.807, 2.05) is 13.0 Å². The minimum Gasteiger partial charge on any atom is -0.492 e. The van der Waals surface area contributed by atoms with E-state index in [-0.39, 0.29) is 6.61 Å². The molecule has 0 fully saturated rings. The SMILES string of the molecule is CCOc1ccccc1NC(=O)COC(=O)c1ccc(Br)cc1. The van der Waals surface area contributed by atoms with Gasteiger partial charge in [0.2, 0.25) is 0 Å². The second-order valence-corrected chi connectivity index (χ2v) is 5.48. The number of nitrogens with one attached hydrogen (secondary N) is 1. The van der Waals surface area contributed by atoms with Crippen LogP contribution in [0.25, 0.3) is 0 Å². The molecule has 1 N–H and O–H groups in total. The average molecular weight is 378 g/mol. The fourth-order valence-electron chi connectivity index (χ4n) is 1.84. The second-order valence-electron chi connectivity index (χ2n) is 4.56. The van der Waals surface area contributed by atoms with Crippen LogP contribution in [0.1, 0.15) is 17.3 Å². The van der Waals surface area contributed by atoms with Crippen molar-refractivity contribution < 1.29 is 19.1 Å². The van der Waals surface area contributed by atoms with Crippen molar-refractivity contribution in [2.75, 3.05) is 18.5 Å². The number of carbonyl (C=O) groups is 2. The van der Waals surface area contributed by atoms with E-state index in [2.05, 4.69) is 21.2 Å². The Morgan fingerprint density at radius 1 is 1.09 bits per heavy atom. The molecule has 0 saturated carbocycles. The molecular formula is C17H16BrNO4. The Kier molecular flexibility index (Phi) is 6.17. The van der Waals surface area contributed by atoms with Gasteiger partial charge in [-0.3, -0.25) is 4.79 Å². The predicted molar refractivity (Wildman–Crippen MR) is 90.7 cm³/mol. The topological polar surface area (TPSA) is 64.6 Å². The molecule has 0 saturated heterocycles. The van der Waals surface area contributed by atoms with Gasteiger partial charge in [-0.25, -0.2) is 4.79 Å². The van der Waals surface area contributed by atoms with Gasteiger partial charge < -0.3 is 14.8 Å². The van der Waals surface area contributed by atoms with E-state index < -0.39 is 11.9 Å². The molecule has 0 heterocycles. The summed E-state index contributed by atoms with van der Waals surface area (Å²) in [5.74, 6) is -0.407.